The molecule has 0 atom stereocenters. The molecule has 0 spiro atoms. The smallest absolute Gasteiger partial charge is 0.261 e. The van der Waals surface area contributed by atoms with Gasteiger partial charge in [-0.3, -0.25) is 4.98 Å². The standard InChI is InChI=1S/C13H14BrF2N3O/c14-8-1-2-11-9(5-8)13(10(17)6-19-11)18-3-4-20-7-12(15)16/h1-2,5-6,12H,3-4,7,17H2,(H,18,19). The van der Waals surface area contributed by atoms with Crippen molar-refractivity contribution in [2.75, 3.05) is 30.8 Å². The van der Waals surface area contributed by atoms with Gasteiger partial charge in [0.05, 0.1) is 29.7 Å². The molecule has 0 bridgehead atoms. The normalized spacial score (nSPS) is 11.2. The topological polar surface area (TPSA) is 60.2 Å². The Morgan fingerprint density at radius 1 is 1.40 bits per heavy atom. The van der Waals surface area contributed by atoms with Crippen molar-refractivity contribution in [3.63, 3.8) is 0 Å². The molecular weight excluding hydrogens is 332 g/mol. The second kappa shape index (κ2) is 6.81. The van der Waals surface area contributed by atoms with Gasteiger partial charge in [0, 0.05) is 16.4 Å². The fraction of sp³-hybridized carbons (Fsp3) is 0.308. The van der Waals surface area contributed by atoms with Crippen LogP contribution in [0, 0.1) is 0 Å². The van der Waals surface area contributed by atoms with Crippen LogP contribution >= 0.6 is 15.9 Å². The number of hydrogen-bond donors (Lipinski definition) is 2. The summed E-state index contributed by atoms with van der Waals surface area (Å²) in [5.74, 6) is 0. The van der Waals surface area contributed by atoms with Crippen LogP contribution in [0.5, 0.6) is 0 Å². The minimum absolute atomic E-state index is 0.182. The van der Waals surface area contributed by atoms with Crippen LogP contribution in [0.1, 0.15) is 0 Å². The van der Waals surface area contributed by atoms with E-state index in [1.807, 2.05) is 18.2 Å². The van der Waals surface area contributed by atoms with Gasteiger partial charge < -0.3 is 15.8 Å². The van der Waals surface area contributed by atoms with E-state index in [1.54, 1.807) is 6.20 Å². The maximum Gasteiger partial charge on any atom is 0.261 e. The molecule has 1 heterocycles. The quantitative estimate of drug-likeness (QED) is 0.789. The van der Waals surface area contributed by atoms with E-state index in [2.05, 4.69) is 26.2 Å². The lowest BCUT2D eigenvalue weighted by Crippen LogP contribution is -2.14. The summed E-state index contributed by atoms with van der Waals surface area (Å²) in [5.41, 5.74) is 7.94. The van der Waals surface area contributed by atoms with E-state index >= 15 is 0 Å². The molecule has 2 rings (SSSR count). The SMILES string of the molecule is Nc1cnc2ccc(Br)cc2c1NCCOCC(F)F. The molecule has 4 nitrogen and oxygen atoms in total. The van der Waals surface area contributed by atoms with E-state index in [0.717, 1.165) is 21.1 Å². The minimum Gasteiger partial charge on any atom is -0.396 e. The van der Waals surface area contributed by atoms with E-state index in [0.29, 0.717) is 12.2 Å². The molecule has 0 radical (unpaired) electrons. The molecule has 0 aliphatic heterocycles. The Hall–Kier alpha value is -1.47. The Kier molecular flexibility index (Phi) is 5.08. The monoisotopic (exact) mass is 345 g/mol. The highest BCUT2D eigenvalue weighted by Crippen LogP contribution is 2.29. The summed E-state index contributed by atoms with van der Waals surface area (Å²) >= 11 is 3.40. The highest BCUT2D eigenvalue weighted by Gasteiger charge is 2.07. The summed E-state index contributed by atoms with van der Waals surface area (Å²) in [6.45, 7) is 0.0178. The molecule has 0 aliphatic rings. The number of rotatable bonds is 6. The van der Waals surface area contributed by atoms with Crippen LogP contribution in [0.15, 0.2) is 28.9 Å². The maximum absolute atomic E-state index is 11.9. The van der Waals surface area contributed by atoms with Gasteiger partial charge in [-0.15, -0.1) is 0 Å². The van der Waals surface area contributed by atoms with E-state index in [1.165, 1.54) is 0 Å². The fourth-order valence-corrected chi connectivity index (χ4v) is 2.16. The van der Waals surface area contributed by atoms with Crippen molar-refractivity contribution in [1.82, 2.24) is 4.98 Å². The third-order valence-corrected chi connectivity index (χ3v) is 3.14. The summed E-state index contributed by atoms with van der Waals surface area (Å²) in [6.07, 6.45) is -0.878. The largest absolute Gasteiger partial charge is 0.396 e. The first kappa shape index (κ1) is 14.9. The highest BCUT2D eigenvalue weighted by molar-refractivity contribution is 9.10. The van der Waals surface area contributed by atoms with Crippen LogP contribution in [0.4, 0.5) is 20.2 Å². The number of nitrogen functional groups attached to an aromatic ring is 1. The zero-order valence-corrected chi connectivity index (χ0v) is 12.2. The number of benzene rings is 1. The lowest BCUT2D eigenvalue weighted by atomic mass is 10.1. The van der Waals surface area contributed by atoms with Crippen molar-refractivity contribution in [1.29, 1.82) is 0 Å². The van der Waals surface area contributed by atoms with E-state index in [4.69, 9.17) is 10.5 Å². The number of ether oxygens (including phenoxy) is 1. The number of pyridine rings is 1. The van der Waals surface area contributed by atoms with Gasteiger partial charge in [0.25, 0.3) is 6.43 Å². The molecule has 3 N–H and O–H groups in total. The summed E-state index contributed by atoms with van der Waals surface area (Å²) in [5, 5.41) is 3.97. The zero-order valence-electron chi connectivity index (χ0n) is 10.6. The van der Waals surface area contributed by atoms with Crippen molar-refractivity contribution in [2.24, 2.45) is 0 Å². The Labute approximate surface area is 123 Å². The van der Waals surface area contributed by atoms with Crippen LogP contribution < -0.4 is 11.1 Å². The first-order valence-electron chi connectivity index (χ1n) is 6.01. The number of nitrogens with zero attached hydrogens (tertiary/aromatic N) is 1. The van der Waals surface area contributed by atoms with E-state index in [9.17, 15) is 8.78 Å². The molecule has 0 saturated heterocycles. The van der Waals surface area contributed by atoms with Crippen LogP contribution in [0.2, 0.25) is 0 Å². The van der Waals surface area contributed by atoms with Crippen molar-refractivity contribution >= 4 is 38.2 Å². The number of fused-ring (bicyclic) bond motifs is 1. The molecule has 0 saturated carbocycles. The summed E-state index contributed by atoms with van der Waals surface area (Å²) in [4.78, 5) is 4.23. The van der Waals surface area contributed by atoms with Gasteiger partial charge >= 0.3 is 0 Å². The Bertz CT molecular complexity index is 590. The van der Waals surface area contributed by atoms with E-state index in [-0.39, 0.29) is 6.61 Å². The van der Waals surface area contributed by atoms with Gasteiger partial charge in [0.2, 0.25) is 0 Å². The summed E-state index contributed by atoms with van der Waals surface area (Å²) in [7, 11) is 0. The summed E-state index contributed by atoms with van der Waals surface area (Å²) in [6, 6.07) is 5.67. The molecule has 0 aliphatic carbocycles. The third kappa shape index (κ3) is 3.77. The first-order valence-corrected chi connectivity index (χ1v) is 6.80. The average molecular weight is 346 g/mol. The van der Waals surface area contributed by atoms with Gasteiger partial charge in [-0.25, -0.2) is 8.78 Å². The van der Waals surface area contributed by atoms with Crippen molar-refractivity contribution < 1.29 is 13.5 Å². The molecule has 1 aromatic heterocycles. The fourth-order valence-electron chi connectivity index (χ4n) is 1.80. The molecule has 0 fully saturated rings. The predicted octanol–water partition coefficient (Wildman–Crippen LogP) is 3.27. The Morgan fingerprint density at radius 2 is 2.20 bits per heavy atom. The second-order valence-electron chi connectivity index (χ2n) is 4.14. The number of nitrogens with two attached hydrogens (primary N) is 1. The molecule has 108 valence electrons. The lowest BCUT2D eigenvalue weighted by molar-refractivity contribution is 0.0215. The Balaban J connectivity index is 2.08. The molecule has 1 aromatic carbocycles. The van der Waals surface area contributed by atoms with Crippen LogP contribution in [-0.4, -0.2) is 31.2 Å². The van der Waals surface area contributed by atoms with Crippen molar-refractivity contribution in [2.45, 2.75) is 6.43 Å². The molecular formula is C13H14BrF2N3O. The lowest BCUT2D eigenvalue weighted by Gasteiger charge is -2.12. The van der Waals surface area contributed by atoms with Crippen LogP contribution in [0.25, 0.3) is 10.9 Å². The second-order valence-corrected chi connectivity index (χ2v) is 5.06. The Morgan fingerprint density at radius 3 is 2.95 bits per heavy atom. The number of aromatic nitrogens is 1. The average Bonchev–Trinajstić information content (AvgIpc) is 2.40. The number of halogens is 3. The molecule has 0 unspecified atom stereocenters. The van der Waals surface area contributed by atoms with Gasteiger partial charge in [-0.2, -0.15) is 0 Å². The van der Waals surface area contributed by atoms with Gasteiger partial charge in [0.1, 0.15) is 6.61 Å². The molecule has 0 amide bonds. The number of anilines is 2. The molecule has 20 heavy (non-hydrogen) atoms. The highest BCUT2D eigenvalue weighted by atomic mass is 79.9. The minimum atomic E-state index is -2.45. The number of nitrogens with one attached hydrogen (secondary N) is 1. The van der Waals surface area contributed by atoms with Crippen LogP contribution in [-0.2, 0) is 4.74 Å². The van der Waals surface area contributed by atoms with Gasteiger partial charge in [0.15, 0.2) is 0 Å². The van der Waals surface area contributed by atoms with Crippen LogP contribution in [0.3, 0.4) is 0 Å². The van der Waals surface area contributed by atoms with E-state index < -0.39 is 13.0 Å². The number of hydrogen-bond acceptors (Lipinski definition) is 4. The van der Waals surface area contributed by atoms with Gasteiger partial charge in [-0.05, 0) is 18.2 Å². The summed E-state index contributed by atoms with van der Waals surface area (Å²) < 4.78 is 29.6. The first-order chi connectivity index (χ1) is 9.58. The molecule has 2 aromatic rings. The zero-order chi connectivity index (χ0) is 14.5. The predicted molar refractivity (Wildman–Crippen MR) is 79.2 cm³/mol. The maximum atomic E-state index is 11.9. The molecule has 7 heteroatoms. The number of alkyl halides is 2. The third-order valence-electron chi connectivity index (χ3n) is 2.65. The van der Waals surface area contributed by atoms with Gasteiger partial charge in [-0.1, -0.05) is 15.9 Å². The van der Waals surface area contributed by atoms with Crippen molar-refractivity contribution in [3.05, 3.63) is 28.9 Å². The van der Waals surface area contributed by atoms with Crippen molar-refractivity contribution in [3.8, 4) is 0 Å².